The van der Waals surface area contributed by atoms with Crippen molar-refractivity contribution in [2.75, 3.05) is 19.8 Å². The lowest BCUT2D eigenvalue weighted by molar-refractivity contribution is -0.144. The number of ether oxygens (including phenoxy) is 1. The lowest BCUT2D eigenvalue weighted by atomic mass is 9.85. The van der Waals surface area contributed by atoms with Crippen LogP contribution in [0.5, 0.6) is 0 Å². The fourth-order valence-corrected chi connectivity index (χ4v) is 11.2. The number of amides is 3. The van der Waals surface area contributed by atoms with Crippen molar-refractivity contribution < 1.29 is 29.0 Å². The van der Waals surface area contributed by atoms with Crippen LogP contribution in [0.4, 0.5) is 0 Å². The van der Waals surface area contributed by atoms with Crippen LogP contribution in [0.1, 0.15) is 107 Å². The van der Waals surface area contributed by atoms with E-state index in [9.17, 15) is 24.3 Å². The summed E-state index contributed by atoms with van der Waals surface area (Å²) < 4.78 is 7.87. The second kappa shape index (κ2) is 21.4. The van der Waals surface area contributed by atoms with Gasteiger partial charge < -0.3 is 25.4 Å². The number of ketones is 1. The first-order valence-corrected chi connectivity index (χ1v) is 25.5. The molecule has 6 aromatic rings. The first-order valence-electron chi connectivity index (χ1n) is 23.8. The Morgan fingerprint density at radius 1 is 0.886 bits per heavy atom. The predicted molar refractivity (Wildman–Crippen MR) is 274 cm³/mol. The molecule has 5 heterocycles. The van der Waals surface area contributed by atoms with Gasteiger partial charge in [0.1, 0.15) is 29.5 Å². The van der Waals surface area contributed by atoms with Gasteiger partial charge in [-0.05, 0) is 80.7 Å². The number of β-amino-alcohol motifs (C(OH)–C–C–N with tert-alkyl or cyclic N) is 1. The zero-order chi connectivity index (χ0) is 49.9. The molecule has 0 saturated carbocycles. The Hall–Kier alpha value is -6.20. The number of likely N-dealkylation sites (tertiary alicyclic amines) is 1. The van der Waals surface area contributed by atoms with Crippen molar-refractivity contribution in [3.05, 3.63) is 139 Å². The van der Waals surface area contributed by atoms with Gasteiger partial charge in [-0.1, -0.05) is 99.1 Å². The van der Waals surface area contributed by atoms with E-state index >= 15 is 0 Å². The third-order valence-corrected chi connectivity index (χ3v) is 15.3. The molecule has 0 radical (unpaired) electrons. The largest absolute Gasteiger partial charge is 0.391 e. The Morgan fingerprint density at radius 3 is 2.33 bits per heavy atom. The fourth-order valence-electron chi connectivity index (χ4n) is 9.15. The van der Waals surface area contributed by atoms with E-state index in [0.717, 1.165) is 71.6 Å². The third kappa shape index (κ3) is 11.4. The SMILES string of the molecule is Cc1ccc(C2=NC(CC(=O)NCc3cccc(CCOCC(=O)N[C@H](C(=O)N4CC(O)C[C@H]4C(=O)CCc4ccc(-c5scnc5C)cc4)C(C)(C)C)c3)c3nnc(C)n3-c3sc(C)c(C)c32)cc1. The number of carbonyl (C=O) groups excluding carboxylic acids is 4. The average molecular weight is 983 g/mol. The van der Waals surface area contributed by atoms with E-state index < -0.39 is 41.5 Å². The van der Waals surface area contributed by atoms with Gasteiger partial charge in [-0.3, -0.25) is 28.7 Å². The van der Waals surface area contributed by atoms with Crippen LogP contribution in [0.15, 0.2) is 83.3 Å². The summed E-state index contributed by atoms with van der Waals surface area (Å²) in [5.74, 6) is 0.220. The molecule has 3 aromatic heterocycles. The molecular weight excluding hydrogens is 921 g/mol. The van der Waals surface area contributed by atoms with E-state index in [1.54, 1.807) is 22.7 Å². The minimum absolute atomic E-state index is 0.0178. The van der Waals surface area contributed by atoms with Crippen LogP contribution in [0.2, 0.25) is 0 Å². The molecule has 1 saturated heterocycles. The molecule has 2 unspecified atom stereocenters. The highest BCUT2D eigenvalue weighted by atomic mass is 32.1. The van der Waals surface area contributed by atoms with E-state index in [1.807, 2.05) is 88.7 Å². The number of fused-ring (bicyclic) bond motifs is 3. The molecule has 0 aliphatic carbocycles. The Bertz CT molecular complexity index is 2910. The summed E-state index contributed by atoms with van der Waals surface area (Å²) in [6.07, 6.45) is 0.628. The van der Waals surface area contributed by atoms with Crippen LogP contribution < -0.4 is 10.6 Å². The number of rotatable bonds is 17. The Labute approximate surface area is 417 Å². The molecule has 0 bridgehead atoms. The van der Waals surface area contributed by atoms with Crippen LogP contribution in [0.3, 0.4) is 0 Å². The molecule has 3 amide bonds. The molecule has 3 N–H and O–H groups in total. The summed E-state index contributed by atoms with van der Waals surface area (Å²) in [7, 11) is 0. The lowest BCUT2D eigenvalue weighted by Gasteiger charge is -2.35. The highest BCUT2D eigenvalue weighted by Crippen LogP contribution is 2.40. The molecule has 8 rings (SSSR count). The van der Waals surface area contributed by atoms with Crippen molar-refractivity contribution in [2.45, 2.75) is 118 Å². The van der Waals surface area contributed by atoms with Crippen LogP contribution >= 0.6 is 22.7 Å². The minimum atomic E-state index is -0.951. The van der Waals surface area contributed by atoms with Gasteiger partial charge in [0.05, 0.1) is 47.0 Å². The Balaban J connectivity index is 0.827. The Kier molecular flexibility index (Phi) is 15.4. The number of benzene rings is 3. The first-order chi connectivity index (χ1) is 33.4. The number of aliphatic hydroxyl groups excluding tert-OH is 1. The van der Waals surface area contributed by atoms with Gasteiger partial charge in [-0.15, -0.1) is 32.9 Å². The van der Waals surface area contributed by atoms with Gasteiger partial charge in [0.2, 0.25) is 17.7 Å². The standard InChI is InChI=1S/C54H62N8O6S2/c1-31-12-17-39(18-13-31)48-47-32(2)34(4)70-53(47)62-35(5)59-60-51(62)42(57-48)26-45(65)55-27-38-11-9-10-37(24-38)22-23-68-29-46(66)58-50(54(6,7)8)52(67)61-28-41(63)25-43(61)44(64)21-16-36-14-19-40(20-15-36)49-33(3)56-30-69-49/h9-15,17-20,24,30,41-43,50,63H,16,21-23,25-29H2,1-8H3,(H,55,65)(H,58,66)/t41?,42?,43-,50+/m0/s1. The molecule has 0 spiro atoms. The van der Waals surface area contributed by atoms with Crippen molar-refractivity contribution in [1.29, 1.82) is 0 Å². The van der Waals surface area contributed by atoms with Gasteiger partial charge in [0, 0.05) is 41.9 Å². The van der Waals surface area contributed by atoms with E-state index in [4.69, 9.17) is 9.73 Å². The van der Waals surface area contributed by atoms with Crippen LogP contribution in [0.25, 0.3) is 15.4 Å². The zero-order valence-corrected chi connectivity index (χ0v) is 42.8. The number of thiophene rings is 1. The maximum atomic E-state index is 14.1. The highest BCUT2D eigenvalue weighted by molar-refractivity contribution is 7.15. The van der Waals surface area contributed by atoms with Gasteiger partial charge in [0.15, 0.2) is 11.6 Å². The quantitative estimate of drug-likeness (QED) is 0.0768. The molecular formula is C54H62N8O6S2. The van der Waals surface area contributed by atoms with Crippen LogP contribution in [-0.2, 0) is 43.3 Å². The fraction of sp³-hybridized carbons (Fsp3) is 0.407. The number of aryl methyl sites for hydroxylation is 5. The maximum Gasteiger partial charge on any atom is 0.246 e. The highest BCUT2D eigenvalue weighted by Gasteiger charge is 2.44. The number of aromatic nitrogens is 4. The molecule has 14 nitrogen and oxygen atoms in total. The summed E-state index contributed by atoms with van der Waals surface area (Å²) in [4.78, 5) is 68.1. The van der Waals surface area contributed by atoms with Crippen LogP contribution in [-0.4, -0.2) is 96.9 Å². The number of hydrogen-bond donors (Lipinski definition) is 3. The number of aliphatic hydroxyl groups is 1. The Morgan fingerprint density at radius 2 is 1.61 bits per heavy atom. The van der Waals surface area contributed by atoms with Gasteiger partial charge in [-0.25, -0.2) is 4.98 Å². The summed E-state index contributed by atoms with van der Waals surface area (Å²) in [5, 5.41) is 26.6. The van der Waals surface area contributed by atoms with Crippen molar-refractivity contribution >= 4 is 51.9 Å². The van der Waals surface area contributed by atoms with E-state index in [1.165, 1.54) is 9.78 Å². The number of nitrogens with one attached hydrogen (secondary N) is 2. The topological polar surface area (TPSA) is 181 Å². The number of hydrogen-bond acceptors (Lipinski definition) is 12. The summed E-state index contributed by atoms with van der Waals surface area (Å²) >= 11 is 3.27. The normalized spacial score (nSPS) is 17.1. The van der Waals surface area contributed by atoms with Gasteiger partial charge in [-0.2, -0.15) is 0 Å². The van der Waals surface area contributed by atoms with Crippen LogP contribution in [0, 0.1) is 40.0 Å². The number of carbonyl (C=O) groups is 4. The monoisotopic (exact) mass is 982 g/mol. The lowest BCUT2D eigenvalue weighted by Crippen LogP contribution is -2.57. The molecule has 3 aromatic carbocycles. The van der Waals surface area contributed by atoms with E-state index in [-0.39, 0.29) is 50.7 Å². The third-order valence-electron chi connectivity index (χ3n) is 13.2. The van der Waals surface area contributed by atoms with E-state index in [2.05, 4.69) is 75.4 Å². The van der Waals surface area contributed by atoms with Crippen molar-refractivity contribution in [3.63, 3.8) is 0 Å². The molecule has 16 heteroatoms. The van der Waals surface area contributed by atoms with Gasteiger partial charge in [0.25, 0.3) is 0 Å². The van der Waals surface area contributed by atoms with Crippen molar-refractivity contribution in [2.24, 2.45) is 10.4 Å². The zero-order valence-electron chi connectivity index (χ0n) is 41.2. The number of Topliss-reactive ketones (excluding diaryl/α,β-unsaturated/α-hetero) is 1. The molecule has 2 aliphatic rings. The first kappa shape index (κ1) is 50.2. The number of thiazole rings is 1. The minimum Gasteiger partial charge on any atom is -0.391 e. The number of aliphatic imine (C=N–C) groups is 1. The van der Waals surface area contributed by atoms with Gasteiger partial charge >= 0.3 is 0 Å². The predicted octanol–water partition coefficient (Wildman–Crippen LogP) is 7.85. The molecule has 2 aliphatic heterocycles. The molecule has 1 fully saturated rings. The molecule has 70 heavy (non-hydrogen) atoms. The second-order valence-electron chi connectivity index (χ2n) is 19.6. The summed E-state index contributed by atoms with van der Waals surface area (Å²) in [5.41, 5.74) is 11.2. The van der Waals surface area contributed by atoms with Crippen molar-refractivity contribution in [3.8, 4) is 15.4 Å². The number of nitrogens with zero attached hydrogens (tertiary/aromatic N) is 6. The second-order valence-corrected chi connectivity index (χ2v) is 21.6. The van der Waals surface area contributed by atoms with E-state index in [0.29, 0.717) is 25.2 Å². The smallest absolute Gasteiger partial charge is 0.246 e. The molecule has 4 atom stereocenters. The summed E-state index contributed by atoms with van der Waals surface area (Å²) in [6.45, 7) is 16.1. The van der Waals surface area contributed by atoms with Crippen molar-refractivity contribution in [1.82, 2.24) is 35.3 Å². The average Bonchev–Trinajstić information content (AvgIpc) is 4.10. The summed E-state index contributed by atoms with van der Waals surface area (Å²) in [6, 6.07) is 21.9. The molecule has 366 valence electrons. The maximum absolute atomic E-state index is 14.1.